The number of hydrogen-bond acceptors (Lipinski definition) is 2. The highest BCUT2D eigenvalue weighted by molar-refractivity contribution is 6.22. The summed E-state index contributed by atoms with van der Waals surface area (Å²) >= 11 is 0. The second kappa shape index (κ2) is 14.1. The Morgan fingerprint density at radius 1 is 0.349 bits per heavy atom. The highest BCUT2D eigenvalue weighted by Crippen LogP contribution is 2.50. The smallest absolute Gasteiger partial charge is 0.145 e. The summed E-state index contributed by atoms with van der Waals surface area (Å²) in [5, 5.41) is 11.8. The predicted molar refractivity (Wildman–Crippen MR) is 266 cm³/mol. The molecule has 294 valence electrons. The highest BCUT2D eigenvalue weighted by atomic mass is 16.3. The van der Waals surface area contributed by atoms with Gasteiger partial charge in [0.1, 0.15) is 11.2 Å². The van der Waals surface area contributed by atoms with Crippen LogP contribution in [0.15, 0.2) is 235 Å². The maximum atomic E-state index is 6.99. The number of anilines is 3. The molecule has 0 N–H and O–H groups in total. The van der Waals surface area contributed by atoms with E-state index >= 15 is 0 Å². The van der Waals surface area contributed by atoms with Crippen molar-refractivity contribution in [3.8, 4) is 27.9 Å². The van der Waals surface area contributed by atoms with Gasteiger partial charge in [-0.15, -0.1) is 0 Å². The maximum Gasteiger partial charge on any atom is 0.145 e. The minimum Gasteiger partial charge on any atom is -0.455 e. The summed E-state index contributed by atoms with van der Waals surface area (Å²) in [5.41, 5.74) is 13.0. The van der Waals surface area contributed by atoms with Crippen molar-refractivity contribution in [3.05, 3.63) is 231 Å². The lowest BCUT2D eigenvalue weighted by molar-refractivity contribution is 0.670. The molecule has 2 heterocycles. The molecule has 0 atom stereocenters. The first-order valence-corrected chi connectivity index (χ1v) is 21.6. The van der Waals surface area contributed by atoms with Gasteiger partial charge in [-0.05, 0) is 104 Å². The van der Waals surface area contributed by atoms with Crippen LogP contribution in [0.1, 0.15) is 0 Å². The third-order valence-corrected chi connectivity index (χ3v) is 13.0. The van der Waals surface area contributed by atoms with Gasteiger partial charge in [0.05, 0.1) is 33.5 Å². The predicted octanol–water partition coefficient (Wildman–Crippen LogP) is 16.9. The van der Waals surface area contributed by atoms with Crippen LogP contribution in [0.2, 0.25) is 0 Å². The number of furan rings is 1. The van der Waals surface area contributed by atoms with Crippen LogP contribution in [-0.2, 0) is 0 Å². The quantitative estimate of drug-likeness (QED) is 0.167. The first-order valence-electron chi connectivity index (χ1n) is 21.6. The standard InChI is InChI=1S/C60H38N2O/c1-2-17-43-38-44(31-30-39(43)14-1)40-32-34-45(35-33-40)61(54-27-13-28-55-58(54)50-22-7-9-25-53(50)62(55)52-26-12-19-42-16-4-6-21-47(42)52)56-37-36-49(48-24-11-18-41-15-3-5-20-46(41)48)60-59(56)51-23-8-10-29-57(51)63-60/h1-38H. The Kier molecular flexibility index (Phi) is 7.91. The summed E-state index contributed by atoms with van der Waals surface area (Å²) in [7, 11) is 0. The number of fused-ring (bicyclic) bond motifs is 9. The van der Waals surface area contributed by atoms with Crippen molar-refractivity contribution in [2.24, 2.45) is 0 Å². The van der Waals surface area contributed by atoms with Crippen molar-refractivity contribution in [1.29, 1.82) is 0 Å². The van der Waals surface area contributed by atoms with Crippen LogP contribution in [0.25, 0.3) is 104 Å². The van der Waals surface area contributed by atoms with E-state index in [1.165, 1.54) is 54.2 Å². The third-order valence-electron chi connectivity index (χ3n) is 13.0. The van der Waals surface area contributed by atoms with Gasteiger partial charge in [0.25, 0.3) is 0 Å². The zero-order valence-electron chi connectivity index (χ0n) is 34.2. The van der Waals surface area contributed by atoms with E-state index in [1.54, 1.807) is 0 Å². The van der Waals surface area contributed by atoms with Crippen LogP contribution in [-0.4, -0.2) is 4.57 Å². The van der Waals surface area contributed by atoms with Crippen molar-refractivity contribution in [2.45, 2.75) is 0 Å². The van der Waals surface area contributed by atoms with E-state index < -0.39 is 0 Å². The van der Waals surface area contributed by atoms with Crippen LogP contribution in [0.4, 0.5) is 17.1 Å². The lowest BCUT2D eigenvalue weighted by Crippen LogP contribution is -2.11. The van der Waals surface area contributed by atoms with Crippen molar-refractivity contribution < 1.29 is 4.42 Å². The van der Waals surface area contributed by atoms with Crippen LogP contribution >= 0.6 is 0 Å². The van der Waals surface area contributed by atoms with Gasteiger partial charge < -0.3 is 13.9 Å². The van der Waals surface area contributed by atoms with Gasteiger partial charge in [-0.1, -0.05) is 170 Å². The Bertz CT molecular complexity index is 3910. The van der Waals surface area contributed by atoms with E-state index in [2.05, 4.69) is 240 Å². The molecule has 0 fully saturated rings. The topological polar surface area (TPSA) is 21.3 Å². The van der Waals surface area contributed by atoms with E-state index in [4.69, 9.17) is 4.42 Å². The largest absolute Gasteiger partial charge is 0.455 e. The molecule has 0 aliphatic carbocycles. The van der Waals surface area contributed by atoms with Gasteiger partial charge in [-0.3, -0.25) is 0 Å². The molecule has 0 aliphatic rings. The Morgan fingerprint density at radius 3 is 1.79 bits per heavy atom. The maximum absolute atomic E-state index is 6.99. The van der Waals surface area contributed by atoms with Crippen molar-refractivity contribution >= 4 is 93.1 Å². The van der Waals surface area contributed by atoms with Crippen molar-refractivity contribution in [2.75, 3.05) is 4.90 Å². The van der Waals surface area contributed by atoms with E-state index in [-0.39, 0.29) is 0 Å². The van der Waals surface area contributed by atoms with Gasteiger partial charge in [0.2, 0.25) is 0 Å². The second-order valence-corrected chi connectivity index (χ2v) is 16.4. The normalized spacial score (nSPS) is 11.8. The monoisotopic (exact) mass is 802 g/mol. The van der Waals surface area contributed by atoms with Gasteiger partial charge in [0.15, 0.2) is 0 Å². The zero-order chi connectivity index (χ0) is 41.4. The van der Waals surface area contributed by atoms with E-state index in [0.29, 0.717) is 0 Å². The minimum absolute atomic E-state index is 0.860. The third kappa shape index (κ3) is 5.53. The fourth-order valence-corrected chi connectivity index (χ4v) is 10.1. The Hall–Kier alpha value is -8.40. The number of hydrogen-bond donors (Lipinski definition) is 0. The molecule has 0 bridgehead atoms. The Labute approximate surface area is 363 Å². The molecule has 0 radical (unpaired) electrons. The molecule has 0 amide bonds. The summed E-state index contributed by atoms with van der Waals surface area (Å²) in [6.45, 7) is 0. The van der Waals surface area contributed by atoms with Gasteiger partial charge in [-0.25, -0.2) is 0 Å². The first-order chi connectivity index (χ1) is 31.3. The van der Waals surface area contributed by atoms with E-state index in [9.17, 15) is 0 Å². The Morgan fingerprint density at radius 2 is 0.952 bits per heavy atom. The molecule has 0 aliphatic heterocycles. The highest BCUT2D eigenvalue weighted by Gasteiger charge is 2.26. The number of nitrogens with zero attached hydrogens (tertiary/aromatic N) is 2. The van der Waals surface area contributed by atoms with E-state index in [0.717, 1.165) is 66.8 Å². The summed E-state index contributed by atoms with van der Waals surface area (Å²) in [6.07, 6.45) is 0. The SMILES string of the molecule is c1ccc2cc(-c3ccc(N(c4ccc(-c5cccc6ccccc56)c5oc6ccccc6c45)c4cccc5c4c4ccccc4n5-c4cccc5ccccc45)cc3)ccc2c1. The summed E-state index contributed by atoms with van der Waals surface area (Å²) in [6, 6.07) is 83.5. The Balaban J connectivity index is 1.11. The molecule has 11 aromatic carbocycles. The number of benzene rings is 11. The number of rotatable bonds is 6. The molecule has 3 heteroatoms. The molecule has 3 nitrogen and oxygen atoms in total. The van der Waals surface area contributed by atoms with Gasteiger partial charge in [0, 0.05) is 32.8 Å². The lowest BCUT2D eigenvalue weighted by atomic mass is 9.95. The molecule has 0 saturated carbocycles. The summed E-state index contributed by atoms with van der Waals surface area (Å²) < 4.78 is 9.44. The van der Waals surface area contributed by atoms with Crippen LogP contribution in [0, 0.1) is 0 Å². The van der Waals surface area contributed by atoms with Gasteiger partial charge >= 0.3 is 0 Å². The fourth-order valence-electron chi connectivity index (χ4n) is 10.1. The molecule has 2 aromatic heterocycles. The second-order valence-electron chi connectivity index (χ2n) is 16.4. The molecule has 13 rings (SSSR count). The number of aromatic nitrogens is 1. The summed E-state index contributed by atoms with van der Waals surface area (Å²) in [5.74, 6) is 0. The fraction of sp³-hybridized carbons (Fsp3) is 0. The average molecular weight is 803 g/mol. The molecular weight excluding hydrogens is 765 g/mol. The first kappa shape index (κ1) is 35.4. The van der Waals surface area contributed by atoms with Crippen molar-refractivity contribution in [1.82, 2.24) is 4.57 Å². The van der Waals surface area contributed by atoms with Gasteiger partial charge in [-0.2, -0.15) is 0 Å². The molecule has 0 spiro atoms. The van der Waals surface area contributed by atoms with Crippen LogP contribution in [0.5, 0.6) is 0 Å². The molecular formula is C60H38N2O. The van der Waals surface area contributed by atoms with Crippen molar-refractivity contribution in [3.63, 3.8) is 0 Å². The zero-order valence-corrected chi connectivity index (χ0v) is 34.2. The molecule has 63 heavy (non-hydrogen) atoms. The molecule has 0 saturated heterocycles. The average Bonchev–Trinajstić information content (AvgIpc) is 3.91. The lowest BCUT2D eigenvalue weighted by Gasteiger charge is -2.28. The minimum atomic E-state index is 0.860. The van der Waals surface area contributed by atoms with E-state index in [1.807, 2.05) is 0 Å². The van der Waals surface area contributed by atoms with Crippen LogP contribution < -0.4 is 4.90 Å². The molecule has 13 aromatic rings. The summed E-state index contributed by atoms with van der Waals surface area (Å²) in [4.78, 5) is 2.46. The van der Waals surface area contributed by atoms with Crippen LogP contribution in [0.3, 0.4) is 0 Å². The number of para-hydroxylation sites is 2. The molecule has 0 unspecified atom stereocenters.